The minimum Gasteiger partial charge on any atom is -0.379 e. The molecule has 11 heteroatoms. The van der Waals surface area contributed by atoms with Gasteiger partial charge in [0, 0.05) is 6.61 Å². The Labute approximate surface area is 216 Å². The van der Waals surface area contributed by atoms with Crippen LogP contribution < -0.4 is 11.4 Å². The Morgan fingerprint density at radius 3 is 2.14 bits per heavy atom. The molecule has 0 radical (unpaired) electrons. The molecule has 1 unspecified atom stereocenters. The molecule has 3 N–H and O–H groups in total. The highest BCUT2D eigenvalue weighted by atomic mass is 31.2. The fraction of sp³-hybridized carbons (Fsp3) is 0.880. The van der Waals surface area contributed by atoms with Gasteiger partial charge in [0.15, 0.2) is 0 Å². The van der Waals surface area contributed by atoms with Gasteiger partial charge in [0.1, 0.15) is 25.6 Å². The lowest BCUT2D eigenvalue weighted by atomic mass is 10.0. The van der Waals surface area contributed by atoms with Crippen molar-refractivity contribution in [2.75, 3.05) is 38.5 Å². The SMILES string of the molecule is CCCCCCCCCCCCCCCCOCCO[P+]1(O)CO[C@@H](Cn2c(N)ncnc2=O)CO1. The maximum atomic E-state index is 11.8. The number of nitrogens with zero attached hydrogens (tertiary/aromatic N) is 3. The number of hydrogen-bond acceptors (Lipinski definition) is 9. The molecule has 0 spiro atoms. The van der Waals surface area contributed by atoms with Gasteiger partial charge in [-0.15, -0.1) is 0 Å². The van der Waals surface area contributed by atoms with Crippen molar-refractivity contribution in [2.24, 2.45) is 0 Å². The smallest absolute Gasteiger partial charge is 0.379 e. The second-order valence-corrected chi connectivity index (χ2v) is 11.6. The van der Waals surface area contributed by atoms with E-state index >= 15 is 0 Å². The third kappa shape index (κ3) is 13.4. The number of ether oxygens (including phenoxy) is 2. The van der Waals surface area contributed by atoms with Gasteiger partial charge in [-0.2, -0.15) is 18.9 Å². The predicted octanol–water partition coefficient (Wildman–Crippen LogP) is 4.86. The van der Waals surface area contributed by atoms with Crippen LogP contribution in [0.2, 0.25) is 0 Å². The van der Waals surface area contributed by atoms with Gasteiger partial charge in [-0.05, 0) is 6.42 Å². The molecule has 10 nitrogen and oxygen atoms in total. The normalized spacial score (nSPS) is 20.1. The van der Waals surface area contributed by atoms with E-state index in [1.54, 1.807) is 0 Å². The summed E-state index contributed by atoms with van der Waals surface area (Å²) >= 11 is 0. The molecular formula is C25H48N4O6P+. The number of anilines is 1. The molecule has 2 rings (SSSR count). The average Bonchev–Trinajstić information content (AvgIpc) is 2.87. The van der Waals surface area contributed by atoms with Crippen LogP contribution in [0.4, 0.5) is 5.95 Å². The largest absolute Gasteiger partial charge is 0.436 e. The summed E-state index contributed by atoms with van der Waals surface area (Å²) in [6, 6.07) is 0. The molecule has 1 fully saturated rings. The Kier molecular flexibility index (Phi) is 16.4. The minimum atomic E-state index is -3.07. The quantitative estimate of drug-likeness (QED) is 0.169. The van der Waals surface area contributed by atoms with Crippen LogP contribution in [0.25, 0.3) is 0 Å². The summed E-state index contributed by atoms with van der Waals surface area (Å²) in [6.45, 7) is 3.85. The lowest BCUT2D eigenvalue weighted by Gasteiger charge is -2.27. The highest BCUT2D eigenvalue weighted by molar-refractivity contribution is 7.60. The fourth-order valence-corrected chi connectivity index (χ4v) is 5.54. The van der Waals surface area contributed by atoms with Crippen LogP contribution in [-0.2, 0) is 25.1 Å². The molecular weight excluding hydrogens is 483 g/mol. The zero-order valence-electron chi connectivity index (χ0n) is 22.2. The summed E-state index contributed by atoms with van der Waals surface area (Å²) in [4.78, 5) is 29.6. The maximum Gasteiger partial charge on any atom is 0.436 e. The molecule has 0 amide bonds. The Morgan fingerprint density at radius 1 is 0.972 bits per heavy atom. The van der Waals surface area contributed by atoms with Crippen molar-refractivity contribution in [1.82, 2.24) is 14.5 Å². The maximum absolute atomic E-state index is 11.8. The first-order chi connectivity index (χ1) is 17.5. The van der Waals surface area contributed by atoms with Gasteiger partial charge in [0.25, 0.3) is 0 Å². The number of nitrogens with two attached hydrogens (primary N) is 1. The molecule has 1 aliphatic rings. The number of hydrogen-bond donors (Lipinski definition) is 2. The third-order valence-corrected chi connectivity index (χ3v) is 7.96. The first-order valence-corrected chi connectivity index (χ1v) is 15.6. The van der Waals surface area contributed by atoms with E-state index in [2.05, 4.69) is 16.9 Å². The van der Waals surface area contributed by atoms with Crippen LogP contribution in [-0.4, -0.2) is 58.3 Å². The monoisotopic (exact) mass is 531 g/mol. The van der Waals surface area contributed by atoms with Crippen LogP contribution in [0.5, 0.6) is 0 Å². The molecule has 0 aromatic carbocycles. The lowest BCUT2D eigenvalue weighted by molar-refractivity contribution is -0.0283. The molecule has 1 aromatic rings. The molecule has 208 valence electrons. The van der Waals surface area contributed by atoms with Crippen molar-refractivity contribution in [1.29, 1.82) is 0 Å². The summed E-state index contributed by atoms with van der Waals surface area (Å²) in [5.41, 5.74) is 5.20. The average molecular weight is 532 g/mol. The van der Waals surface area contributed by atoms with Crippen molar-refractivity contribution in [2.45, 2.75) is 109 Å². The molecule has 0 bridgehead atoms. The fourth-order valence-electron chi connectivity index (χ4n) is 4.15. The Morgan fingerprint density at radius 2 is 1.58 bits per heavy atom. The summed E-state index contributed by atoms with van der Waals surface area (Å²) in [6.07, 6.45) is 19.3. The molecule has 0 saturated carbocycles. The first-order valence-electron chi connectivity index (χ1n) is 13.8. The second kappa shape index (κ2) is 19.0. The highest BCUT2D eigenvalue weighted by Gasteiger charge is 2.47. The van der Waals surface area contributed by atoms with E-state index in [0.717, 1.165) is 12.7 Å². The minimum absolute atomic E-state index is 0.0569. The van der Waals surface area contributed by atoms with E-state index in [4.69, 9.17) is 24.3 Å². The highest BCUT2D eigenvalue weighted by Crippen LogP contribution is 2.58. The number of rotatable bonds is 21. The van der Waals surface area contributed by atoms with Crippen molar-refractivity contribution in [3.63, 3.8) is 0 Å². The van der Waals surface area contributed by atoms with Gasteiger partial charge in [-0.25, -0.2) is 9.78 Å². The van der Waals surface area contributed by atoms with E-state index < -0.39 is 19.7 Å². The van der Waals surface area contributed by atoms with E-state index in [1.807, 2.05) is 0 Å². The summed E-state index contributed by atoms with van der Waals surface area (Å²) < 4.78 is 23.5. The van der Waals surface area contributed by atoms with Gasteiger partial charge in [0.05, 0.1) is 13.2 Å². The predicted molar refractivity (Wildman–Crippen MR) is 143 cm³/mol. The van der Waals surface area contributed by atoms with Gasteiger partial charge in [-0.1, -0.05) is 90.4 Å². The van der Waals surface area contributed by atoms with Crippen LogP contribution >= 0.6 is 7.94 Å². The van der Waals surface area contributed by atoms with Crippen molar-refractivity contribution >= 4 is 13.9 Å². The van der Waals surface area contributed by atoms with Crippen LogP contribution in [0.1, 0.15) is 96.8 Å². The van der Waals surface area contributed by atoms with E-state index in [-0.39, 0.29) is 32.1 Å². The molecule has 1 aliphatic heterocycles. The summed E-state index contributed by atoms with van der Waals surface area (Å²) in [5.74, 6) is 0.0569. The van der Waals surface area contributed by atoms with Gasteiger partial charge in [0.2, 0.25) is 12.3 Å². The molecule has 2 atom stereocenters. The van der Waals surface area contributed by atoms with E-state index in [9.17, 15) is 9.69 Å². The zero-order valence-corrected chi connectivity index (χ0v) is 23.0. The lowest BCUT2D eigenvalue weighted by Crippen LogP contribution is -2.37. The molecule has 2 heterocycles. The standard InChI is InChI=1S/C25H47N4O6P/c1-2-3-4-5-6-7-8-9-10-11-12-13-14-15-16-32-17-18-34-36(31)22-33-23(20-35-36)19-29-24(26)27-21-28-25(29)30/h21,23,31H,2-20,22H2,1H3,(H-,26,27,28,30)/p+1/t23-,36?/m0/s1. The van der Waals surface area contributed by atoms with E-state index in [0.29, 0.717) is 13.2 Å². The Hall–Kier alpha value is -1.16. The van der Waals surface area contributed by atoms with E-state index in [1.165, 1.54) is 88.0 Å². The zero-order chi connectivity index (χ0) is 25.9. The molecule has 0 aliphatic carbocycles. The van der Waals surface area contributed by atoms with Crippen LogP contribution in [0, 0.1) is 0 Å². The van der Waals surface area contributed by atoms with Crippen molar-refractivity contribution < 1.29 is 23.4 Å². The number of nitrogen functional groups attached to an aromatic ring is 1. The number of aromatic nitrogens is 3. The van der Waals surface area contributed by atoms with Crippen molar-refractivity contribution in [3.05, 3.63) is 16.8 Å². The van der Waals surface area contributed by atoms with Gasteiger partial charge < -0.3 is 15.2 Å². The van der Waals surface area contributed by atoms with Gasteiger partial charge in [-0.3, -0.25) is 4.57 Å². The van der Waals surface area contributed by atoms with Crippen LogP contribution in [0.3, 0.4) is 0 Å². The number of unbranched alkanes of at least 4 members (excludes halogenated alkanes) is 13. The topological polar surface area (TPSA) is 131 Å². The second-order valence-electron chi connectivity index (χ2n) is 9.52. The first kappa shape index (κ1) is 31.1. The Balaban J connectivity index is 1.37. The van der Waals surface area contributed by atoms with Crippen molar-refractivity contribution in [3.8, 4) is 0 Å². The summed E-state index contributed by atoms with van der Waals surface area (Å²) in [7, 11) is -3.07. The summed E-state index contributed by atoms with van der Waals surface area (Å²) in [5, 5.41) is 0. The van der Waals surface area contributed by atoms with Crippen LogP contribution in [0.15, 0.2) is 11.1 Å². The Bertz CT molecular complexity index is 746. The third-order valence-electron chi connectivity index (χ3n) is 6.35. The van der Waals surface area contributed by atoms with Gasteiger partial charge >= 0.3 is 13.6 Å². The molecule has 36 heavy (non-hydrogen) atoms. The molecule has 1 saturated heterocycles. The molecule has 1 aromatic heterocycles.